The number of azo groups is 1. The van der Waals surface area contributed by atoms with Crippen molar-refractivity contribution < 1.29 is 4.79 Å². The Labute approximate surface area is 92.5 Å². The number of urea groups is 1. The SMILES string of the molecule is CC1N=NC(c2ccccc2)=NN1C(N)=O. The minimum absolute atomic E-state index is 0.387. The molecule has 1 heterocycles. The van der Waals surface area contributed by atoms with Gasteiger partial charge in [0.1, 0.15) is 0 Å². The quantitative estimate of drug-likeness (QED) is 0.760. The number of rotatable bonds is 1. The lowest BCUT2D eigenvalue weighted by Crippen LogP contribution is -2.39. The minimum Gasteiger partial charge on any atom is -0.350 e. The zero-order chi connectivity index (χ0) is 11.5. The average Bonchev–Trinajstić information content (AvgIpc) is 2.30. The average molecular weight is 217 g/mol. The first kappa shape index (κ1) is 10.3. The molecule has 1 unspecified atom stereocenters. The summed E-state index contributed by atoms with van der Waals surface area (Å²) in [5, 5.41) is 13.0. The number of hydrogen-bond acceptors (Lipinski definition) is 4. The van der Waals surface area contributed by atoms with Crippen molar-refractivity contribution in [2.45, 2.75) is 13.1 Å². The Kier molecular flexibility index (Phi) is 2.63. The number of hydrogen-bond donors (Lipinski definition) is 1. The fraction of sp³-hybridized carbons (Fsp3) is 0.200. The number of nitrogens with zero attached hydrogens (tertiary/aromatic N) is 4. The Balaban J connectivity index is 2.33. The lowest BCUT2D eigenvalue weighted by atomic mass is 10.2. The molecule has 1 aromatic rings. The third kappa shape index (κ3) is 1.90. The lowest BCUT2D eigenvalue weighted by Gasteiger charge is -2.21. The van der Waals surface area contributed by atoms with Crippen molar-refractivity contribution in [1.29, 1.82) is 0 Å². The maximum Gasteiger partial charge on any atom is 0.337 e. The standard InChI is InChI=1S/C10H11N5O/c1-7-12-13-9(14-15(7)10(11)16)8-5-3-2-4-6-8/h2-7H,1H3,(H2,11,16). The fourth-order valence-corrected chi connectivity index (χ4v) is 1.33. The Hall–Kier alpha value is -2.24. The molecule has 16 heavy (non-hydrogen) atoms. The van der Waals surface area contributed by atoms with Gasteiger partial charge < -0.3 is 5.73 Å². The Morgan fingerprint density at radius 1 is 1.38 bits per heavy atom. The number of amides is 2. The highest BCUT2D eigenvalue weighted by Crippen LogP contribution is 2.13. The highest BCUT2D eigenvalue weighted by atomic mass is 16.2. The molecular weight excluding hydrogens is 206 g/mol. The van der Waals surface area contributed by atoms with Gasteiger partial charge in [0.25, 0.3) is 0 Å². The van der Waals surface area contributed by atoms with Gasteiger partial charge in [0, 0.05) is 5.56 Å². The molecule has 0 saturated heterocycles. The first-order valence-electron chi connectivity index (χ1n) is 4.82. The molecule has 1 aliphatic heterocycles. The van der Waals surface area contributed by atoms with Gasteiger partial charge in [-0.1, -0.05) is 30.3 Å². The van der Waals surface area contributed by atoms with Gasteiger partial charge in [-0.05, 0) is 6.92 Å². The molecule has 2 amide bonds. The predicted octanol–water partition coefficient (Wildman–Crippen LogP) is 1.54. The molecule has 6 nitrogen and oxygen atoms in total. The number of benzene rings is 1. The van der Waals surface area contributed by atoms with Crippen LogP contribution >= 0.6 is 0 Å². The van der Waals surface area contributed by atoms with E-state index in [-0.39, 0.29) is 0 Å². The smallest absolute Gasteiger partial charge is 0.337 e. The summed E-state index contributed by atoms with van der Waals surface area (Å²) in [6, 6.07) is 8.65. The summed E-state index contributed by atoms with van der Waals surface area (Å²) in [7, 11) is 0. The van der Waals surface area contributed by atoms with Gasteiger partial charge in [-0.15, -0.1) is 10.2 Å². The number of carbonyl (C=O) groups is 1. The summed E-state index contributed by atoms with van der Waals surface area (Å²) in [5.74, 6) is 0.387. The molecule has 1 aliphatic rings. The maximum atomic E-state index is 11.1. The molecule has 0 spiro atoms. The van der Waals surface area contributed by atoms with E-state index in [0.29, 0.717) is 5.84 Å². The van der Waals surface area contributed by atoms with E-state index in [1.165, 1.54) is 0 Å². The van der Waals surface area contributed by atoms with Gasteiger partial charge in [0.15, 0.2) is 6.17 Å². The van der Waals surface area contributed by atoms with Crippen LogP contribution < -0.4 is 5.73 Å². The van der Waals surface area contributed by atoms with Gasteiger partial charge in [-0.25, -0.2) is 4.79 Å². The van der Waals surface area contributed by atoms with Gasteiger partial charge in [0.05, 0.1) is 0 Å². The minimum atomic E-state index is -0.639. The number of nitrogens with two attached hydrogens (primary N) is 1. The number of primary amides is 1. The molecule has 1 atom stereocenters. The monoisotopic (exact) mass is 217 g/mol. The Bertz CT molecular complexity index is 454. The van der Waals surface area contributed by atoms with E-state index in [9.17, 15) is 4.79 Å². The highest BCUT2D eigenvalue weighted by Gasteiger charge is 2.21. The molecule has 0 radical (unpaired) electrons. The normalized spacial score (nSPS) is 19.4. The van der Waals surface area contributed by atoms with Crippen molar-refractivity contribution in [3.63, 3.8) is 0 Å². The second kappa shape index (κ2) is 4.09. The van der Waals surface area contributed by atoms with Crippen molar-refractivity contribution >= 4 is 11.9 Å². The second-order valence-corrected chi connectivity index (χ2v) is 3.32. The largest absolute Gasteiger partial charge is 0.350 e. The summed E-state index contributed by atoms with van der Waals surface area (Å²) in [6.45, 7) is 1.69. The van der Waals surface area contributed by atoms with Crippen LogP contribution in [0.3, 0.4) is 0 Å². The highest BCUT2D eigenvalue weighted by molar-refractivity contribution is 5.99. The maximum absolute atomic E-state index is 11.1. The Morgan fingerprint density at radius 3 is 2.69 bits per heavy atom. The predicted molar refractivity (Wildman–Crippen MR) is 58.7 cm³/mol. The van der Waals surface area contributed by atoms with Crippen LogP contribution in [0.5, 0.6) is 0 Å². The second-order valence-electron chi connectivity index (χ2n) is 3.32. The van der Waals surface area contributed by atoms with E-state index in [4.69, 9.17) is 5.73 Å². The zero-order valence-electron chi connectivity index (χ0n) is 8.74. The molecule has 0 aromatic heterocycles. The van der Waals surface area contributed by atoms with Crippen LogP contribution in [0.4, 0.5) is 4.79 Å². The van der Waals surface area contributed by atoms with Crippen LogP contribution in [0.1, 0.15) is 12.5 Å². The van der Waals surface area contributed by atoms with E-state index in [2.05, 4.69) is 15.3 Å². The van der Waals surface area contributed by atoms with Crippen LogP contribution in [-0.2, 0) is 0 Å². The van der Waals surface area contributed by atoms with Crippen molar-refractivity contribution in [2.75, 3.05) is 0 Å². The van der Waals surface area contributed by atoms with E-state index < -0.39 is 12.2 Å². The first-order valence-corrected chi connectivity index (χ1v) is 4.82. The van der Waals surface area contributed by atoms with Gasteiger partial charge in [0.2, 0.25) is 5.84 Å². The first-order chi connectivity index (χ1) is 7.68. The van der Waals surface area contributed by atoms with Crippen LogP contribution in [0.25, 0.3) is 0 Å². The molecule has 82 valence electrons. The zero-order valence-corrected chi connectivity index (χ0v) is 8.74. The van der Waals surface area contributed by atoms with E-state index >= 15 is 0 Å². The van der Waals surface area contributed by atoms with E-state index in [0.717, 1.165) is 10.6 Å². The fourth-order valence-electron chi connectivity index (χ4n) is 1.33. The van der Waals surface area contributed by atoms with Crippen LogP contribution in [0.15, 0.2) is 45.7 Å². The van der Waals surface area contributed by atoms with Crippen LogP contribution in [0, 0.1) is 0 Å². The van der Waals surface area contributed by atoms with E-state index in [1.807, 2.05) is 30.3 Å². The third-order valence-electron chi connectivity index (χ3n) is 2.13. The van der Waals surface area contributed by atoms with Crippen molar-refractivity contribution in [2.24, 2.45) is 21.1 Å². The molecule has 2 rings (SSSR count). The van der Waals surface area contributed by atoms with Crippen molar-refractivity contribution in [1.82, 2.24) is 5.01 Å². The summed E-state index contributed by atoms with van der Waals surface area (Å²) in [6.07, 6.45) is -0.454. The van der Waals surface area contributed by atoms with Gasteiger partial charge >= 0.3 is 6.03 Å². The van der Waals surface area contributed by atoms with Crippen molar-refractivity contribution in [3.8, 4) is 0 Å². The summed E-state index contributed by atoms with van der Waals surface area (Å²) in [4.78, 5) is 11.1. The van der Waals surface area contributed by atoms with Crippen LogP contribution in [0.2, 0.25) is 0 Å². The molecule has 1 aromatic carbocycles. The number of carbonyl (C=O) groups excluding carboxylic acids is 1. The molecule has 0 fully saturated rings. The molecule has 2 N–H and O–H groups in total. The topological polar surface area (TPSA) is 83.4 Å². The summed E-state index contributed by atoms with van der Waals surface area (Å²) in [5.41, 5.74) is 5.97. The van der Waals surface area contributed by atoms with Gasteiger partial charge in [-0.3, -0.25) is 0 Å². The lowest BCUT2D eigenvalue weighted by molar-refractivity contribution is 0.189. The Morgan fingerprint density at radius 2 is 2.06 bits per heavy atom. The summed E-state index contributed by atoms with van der Waals surface area (Å²) >= 11 is 0. The molecule has 0 aliphatic carbocycles. The van der Waals surface area contributed by atoms with Gasteiger partial charge in [-0.2, -0.15) is 10.1 Å². The summed E-state index contributed by atoms with van der Waals surface area (Å²) < 4.78 is 0. The molecular formula is C10H11N5O. The molecule has 0 bridgehead atoms. The number of hydrazone groups is 1. The molecule has 6 heteroatoms. The number of amidine groups is 1. The van der Waals surface area contributed by atoms with Crippen LogP contribution in [-0.4, -0.2) is 23.0 Å². The molecule has 0 saturated carbocycles. The van der Waals surface area contributed by atoms with E-state index in [1.54, 1.807) is 6.92 Å². The van der Waals surface area contributed by atoms with Crippen molar-refractivity contribution in [3.05, 3.63) is 35.9 Å². The third-order valence-corrected chi connectivity index (χ3v) is 2.13.